The van der Waals surface area contributed by atoms with E-state index in [4.69, 9.17) is 0 Å². The summed E-state index contributed by atoms with van der Waals surface area (Å²) < 4.78 is 2.04. The molecule has 0 unspecified atom stereocenters. The quantitative estimate of drug-likeness (QED) is 0.866. The van der Waals surface area contributed by atoms with Crippen LogP contribution in [0.25, 0.3) is 0 Å². The molecule has 24 heavy (non-hydrogen) atoms. The molecule has 0 saturated carbocycles. The maximum atomic E-state index is 12.5. The van der Waals surface area contributed by atoms with Crippen molar-refractivity contribution in [2.45, 2.75) is 57.5 Å². The molecule has 1 heterocycles. The first-order valence-electron chi connectivity index (χ1n) is 9.17. The van der Waals surface area contributed by atoms with Gasteiger partial charge in [0, 0.05) is 11.6 Å². The lowest BCUT2D eigenvalue weighted by Crippen LogP contribution is -2.44. The number of aryl methyl sites for hydroxylation is 3. The number of amides is 1. The maximum Gasteiger partial charge on any atom is 0.286 e. The average molecular weight is 321 g/mol. The Morgan fingerprint density at radius 1 is 1.00 bits per heavy atom. The Bertz CT molecular complexity index is 753. The largest absolute Gasteiger partial charge is 0.344 e. The van der Waals surface area contributed by atoms with Crippen molar-refractivity contribution in [2.75, 3.05) is 0 Å². The van der Waals surface area contributed by atoms with Gasteiger partial charge in [0.25, 0.3) is 5.91 Å². The van der Waals surface area contributed by atoms with E-state index in [1.807, 2.05) is 4.57 Å². The first-order valence-corrected chi connectivity index (χ1v) is 9.17. The number of benzene rings is 1. The van der Waals surface area contributed by atoms with Crippen LogP contribution in [0.2, 0.25) is 0 Å². The molecule has 1 N–H and O–H groups in total. The summed E-state index contributed by atoms with van der Waals surface area (Å²) in [5.41, 5.74) is 5.56. The van der Waals surface area contributed by atoms with Gasteiger partial charge in [0.05, 0.1) is 6.04 Å². The lowest BCUT2D eigenvalue weighted by atomic mass is 9.88. The summed E-state index contributed by atoms with van der Waals surface area (Å²) in [5.74, 6) is 0.109. The number of carbonyl (C=O) groups excluding carboxylic acids is 1. The van der Waals surface area contributed by atoms with Gasteiger partial charge in [-0.1, -0.05) is 24.3 Å². The average Bonchev–Trinajstić information content (AvgIpc) is 2.62. The highest BCUT2D eigenvalue weighted by atomic mass is 16.2. The monoisotopic (exact) mass is 321 g/mol. The third-order valence-electron chi connectivity index (χ3n) is 5.37. The van der Waals surface area contributed by atoms with Crippen molar-refractivity contribution in [3.63, 3.8) is 0 Å². The summed E-state index contributed by atoms with van der Waals surface area (Å²) in [5, 5.41) is 3.24. The molecule has 3 heteroatoms. The second kappa shape index (κ2) is 6.76. The standard InChI is InChI=1S/C21H24N2O/c24-21(15-23-13-12-16-6-1-2-8-18(16)14-23)22-20-11-5-9-17-7-3-4-10-19(17)20/h3-4,7,10,12-14,20H,1-2,5-6,8-9,11,15H2/p+1/t20-/m1/s1. The van der Waals surface area contributed by atoms with E-state index < -0.39 is 0 Å². The molecule has 0 aliphatic heterocycles. The molecule has 3 nitrogen and oxygen atoms in total. The number of fused-ring (bicyclic) bond motifs is 2. The molecule has 2 aromatic rings. The van der Waals surface area contributed by atoms with Gasteiger partial charge in [-0.25, -0.2) is 0 Å². The van der Waals surface area contributed by atoms with Crippen molar-refractivity contribution in [3.8, 4) is 0 Å². The van der Waals surface area contributed by atoms with Crippen molar-refractivity contribution in [3.05, 3.63) is 65.0 Å². The Morgan fingerprint density at radius 3 is 2.71 bits per heavy atom. The van der Waals surface area contributed by atoms with E-state index in [-0.39, 0.29) is 11.9 Å². The van der Waals surface area contributed by atoms with Crippen molar-refractivity contribution in [1.82, 2.24) is 5.32 Å². The molecule has 0 saturated heterocycles. The van der Waals surface area contributed by atoms with Crippen LogP contribution in [0.5, 0.6) is 0 Å². The zero-order valence-corrected chi connectivity index (χ0v) is 14.1. The van der Waals surface area contributed by atoms with E-state index in [0.717, 1.165) is 25.7 Å². The van der Waals surface area contributed by atoms with Gasteiger partial charge in [0.1, 0.15) is 0 Å². The number of pyridine rings is 1. The molecule has 0 spiro atoms. The number of aromatic nitrogens is 1. The van der Waals surface area contributed by atoms with E-state index in [0.29, 0.717) is 6.54 Å². The minimum atomic E-state index is 0.109. The normalized spacial score (nSPS) is 19.2. The molecule has 1 atom stereocenters. The van der Waals surface area contributed by atoms with E-state index in [1.54, 1.807) is 0 Å². The van der Waals surface area contributed by atoms with Crippen LogP contribution in [0.3, 0.4) is 0 Å². The van der Waals surface area contributed by atoms with Crippen LogP contribution in [0.1, 0.15) is 54.0 Å². The number of nitrogens with one attached hydrogen (secondary N) is 1. The molecule has 4 rings (SSSR count). The van der Waals surface area contributed by atoms with Gasteiger partial charge < -0.3 is 5.32 Å². The zero-order valence-electron chi connectivity index (χ0n) is 14.1. The molecule has 2 aliphatic carbocycles. The van der Waals surface area contributed by atoms with Crippen LogP contribution in [0, 0.1) is 0 Å². The maximum absolute atomic E-state index is 12.5. The Hall–Kier alpha value is -2.16. The highest BCUT2D eigenvalue weighted by molar-refractivity contribution is 5.75. The van der Waals surface area contributed by atoms with Gasteiger partial charge in [0.15, 0.2) is 12.4 Å². The summed E-state index contributed by atoms with van der Waals surface area (Å²) in [6.07, 6.45) is 12.4. The van der Waals surface area contributed by atoms with Gasteiger partial charge >= 0.3 is 0 Å². The summed E-state index contributed by atoms with van der Waals surface area (Å²) >= 11 is 0. The van der Waals surface area contributed by atoms with Crippen molar-refractivity contribution < 1.29 is 9.36 Å². The van der Waals surface area contributed by atoms with Crippen molar-refractivity contribution in [1.29, 1.82) is 0 Å². The predicted octanol–water partition coefficient (Wildman–Crippen LogP) is 3.05. The molecule has 124 valence electrons. The summed E-state index contributed by atoms with van der Waals surface area (Å²) in [4.78, 5) is 12.5. The van der Waals surface area contributed by atoms with E-state index in [9.17, 15) is 4.79 Å². The van der Waals surface area contributed by atoms with Gasteiger partial charge in [-0.2, -0.15) is 4.57 Å². The van der Waals surface area contributed by atoms with Crippen LogP contribution in [-0.4, -0.2) is 5.91 Å². The first-order chi connectivity index (χ1) is 11.8. The molecule has 2 aliphatic rings. The highest BCUT2D eigenvalue weighted by Crippen LogP contribution is 2.29. The minimum absolute atomic E-state index is 0.109. The third-order valence-corrected chi connectivity index (χ3v) is 5.37. The predicted molar refractivity (Wildman–Crippen MR) is 93.5 cm³/mol. The number of nitrogens with zero attached hydrogens (tertiary/aromatic N) is 1. The van der Waals surface area contributed by atoms with Crippen LogP contribution >= 0.6 is 0 Å². The first kappa shape index (κ1) is 15.4. The van der Waals surface area contributed by atoms with Crippen LogP contribution in [-0.2, 0) is 30.6 Å². The molecule has 0 fully saturated rings. The summed E-state index contributed by atoms with van der Waals surface area (Å²) in [6, 6.07) is 10.9. The number of carbonyl (C=O) groups is 1. The molecule has 0 radical (unpaired) electrons. The fourth-order valence-corrected chi connectivity index (χ4v) is 4.13. The van der Waals surface area contributed by atoms with Gasteiger partial charge in [-0.15, -0.1) is 0 Å². The summed E-state index contributed by atoms with van der Waals surface area (Å²) in [6.45, 7) is 0.409. The molecule has 1 amide bonds. The fraction of sp³-hybridized carbons (Fsp3) is 0.429. The molecular formula is C21H25N2O+. The highest BCUT2D eigenvalue weighted by Gasteiger charge is 2.23. The van der Waals surface area contributed by atoms with Crippen molar-refractivity contribution >= 4 is 5.91 Å². The van der Waals surface area contributed by atoms with E-state index in [1.165, 1.54) is 41.5 Å². The molecule has 1 aromatic carbocycles. The van der Waals surface area contributed by atoms with E-state index >= 15 is 0 Å². The second-order valence-electron chi connectivity index (χ2n) is 7.09. The SMILES string of the molecule is O=C(C[n+]1ccc2c(c1)CCCC2)N[C@@H]1CCCc2ccccc21. The second-order valence-corrected chi connectivity index (χ2v) is 7.09. The number of hydrogen-bond donors (Lipinski definition) is 1. The van der Waals surface area contributed by atoms with Crippen LogP contribution in [0.4, 0.5) is 0 Å². The molecule has 0 bridgehead atoms. The molecular weight excluding hydrogens is 296 g/mol. The number of rotatable bonds is 3. The van der Waals surface area contributed by atoms with Crippen LogP contribution < -0.4 is 9.88 Å². The topological polar surface area (TPSA) is 33.0 Å². The Morgan fingerprint density at radius 2 is 1.79 bits per heavy atom. The smallest absolute Gasteiger partial charge is 0.286 e. The lowest BCUT2D eigenvalue weighted by Gasteiger charge is -2.25. The number of hydrogen-bond acceptors (Lipinski definition) is 1. The van der Waals surface area contributed by atoms with Gasteiger partial charge in [0.2, 0.25) is 6.54 Å². The van der Waals surface area contributed by atoms with Gasteiger partial charge in [-0.3, -0.25) is 4.79 Å². The van der Waals surface area contributed by atoms with Crippen molar-refractivity contribution in [2.24, 2.45) is 0 Å². The Kier molecular flexibility index (Phi) is 4.33. The Balaban J connectivity index is 1.44. The van der Waals surface area contributed by atoms with Crippen LogP contribution in [0.15, 0.2) is 42.7 Å². The fourth-order valence-electron chi connectivity index (χ4n) is 4.13. The third kappa shape index (κ3) is 3.21. The molecule has 1 aromatic heterocycles. The zero-order chi connectivity index (χ0) is 16.4. The van der Waals surface area contributed by atoms with E-state index in [2.05, 4.69) is 48.0 Å². The Labute approximate surface area is 143 Å². The van der Waals surface area contributed by atoms with Gasteiger partial charge in [-0.05, 0) is 61.6 Å². The summed E-state index contributed by atoms with van der Waals surface area (Å²) in [7, 11) is 0. The minimum Gasteiger partial charge on any atom is -0.344 e. The lowest BCUT2D eigenvalue weighted by molar-refractivity contribution is -0.685.